The van der Waals surface area contributed by atoms with Gasteiger partial charge in [0, 0.05) is 5.92 Å². The van der Waals surface area contributed by atoms with Gasteiger partial charge in [-0.05, 0) is 32.0 Å². The van der Waals surface area contributed by atoms with Gasteiger partial charge in [0.25, 0.3) is 0 Å². The number of hydrogen-bond acceptors (Lipinski definition) is 4. The summed E-state index contributed by atoms with van der Waals surface area (Å²) in [4.78, 5) is 23.7. The van der Waals surface area contributed by atoms with Gasteiger partial charge < -0.3 is 15.8 Å². The number of hydrogen-bond donors (Lipinski definition) is 2. The fourth-order valence-corrected chi connectivity index (χ4v) is 1.62. The SMILES string of the molecule is CCOC(=O)c1ccccc1NC(=O)C(C)CCN. The highest BCUT2D eigenvalue weighted by molar-refractivity contribution is 6.01. The van der Waals surface area contributed by atoms with E-state index in [2.05, 4.69) is 5.32 Å². The monoisotopic (exact) mass is 264 g/mol. The second-order valence-electron chi connectivity index (χ2n) is 4.23. The molecule has 1 rings (SSSR count). The highest BCUT2D eigenvalue weighted by Crippen LogP contribution is 2.17. The van der Waals surface area contributed by atoms with Crippen LogP contribution >= 0.6 is 0 Å². The second-order valence-corrected chi connectivity index (χ2v) is 4.23. The number of ether oxygens (including phenoxy) is 1. The number of para-hydroxylation sites is 1. The van der Waals surface area contributed by atoms with Crippen LogP contribution in [0.15, 0.2) is 24.3 Å². The summed E-state index contributed by atoms with van der Waals surface area (Å²) in [5, 5.41) is 2.74. The summed E-state index contributed by atoms with van der Waals surface area (Å²) in [5.41, 5.74) is 6.25. The molecule has 0 saturated carbocycles. The summed E-state index contributed by atoms with van der Waals surface area (Å²) >= 11 is 0. The molecule has 0 fully saturated rings. The van der Waals surface area contributed by atoms with Crippen molar-refractivity contribution in [2.75, 3.05) is 18.5 Å². The molecule has 1 unspecified atom stereocenters. The quantitative estimate of drug-likeness (QED) is 0.767. The van der Waals surface area contributed by atoms with Gasteiger partial charge in [-0.2, -0.15) is 0 Å². The summed E-state index contributed by atoms with van der Waals surface area (Å²) in [6, 6.07) is 6.79. The third-order valence-electron chi connectivity index (χ3n) is 2.73. The fourth-order valence-electron chi connectivity index (χ4n) is 1.62. The van der Waals surface area contributed by atoms with Gasteiger partial charge in [-0.25, -0.2) is 4.79 Å². The Kier molecular flexibility index (Phi) is 6.02. The number of nitrogens with two attached hydrogens (primary N) is 1. The minimum absolute atomic E-state index is 0.151. The Hall–Kier alpha value is -1.88. The molecule has 0 saturated heterocycles. The molecule has 3 N–H and O–H groups in total. The van der Waals surface area contributed by atoms with Crippen LogP contribution in [-0.2, 0) is 9.53 Å². The Morgan fingerprint density at radius 3 is 2.68 bits per heavy atom. The van der Waals surface area contributed by atoms with Crippen LogP contribution in [-0.4, -0.2) is 25.0 Å². The Morgan fingerprint density at radius 1 is 1.37 bits per heavy atom. The molecule has 0 radical (unpaired) electrons. The lowest BCUT2D eigenvalue weighted by Gasteiger charge is -2.13. The number of amides is 1. The van der Waals surface area contributed by atoms with Crippen LogP contribution < -0.4 is 11.1 Å². The molecular formula is C14H20N2O3. The Balaban J connectivity index is 2.83. The Labute approximate surface area is 113 Å². The van der Waals surface area contributed by atoms with E-state index < -0.39 is 5.97 Å². The third kappa shape index (κ3) is 4.37. The summed E-state index contributed by atoms with van der Waals surface area (Å²) in [6.07, 6.45) is 0.605. The maximum absolute atomic E-state index is 11.9. The Bertz CT molecular complexity index is 446. The van der Waals surface area contributed by atoms with E-state index >= 15 is 0 Å². The number of carbonyl (C=O) groups is 2. The number of esters is 1. The standard InChI is InChI=1S/C14H20N2O3/c1-3-19-14(18)11-6-4-5-7-12(11)16-13(17)10(2)8-9-15/h4-7,10H,3,8-9,15H2,1-2H3,(H,16,17). The average Bonchev–Trinajstić information content (AvgIpc) is 2.39. The minimum Gasteiger partial charge on any atom is -0.462 e. The van der Waals surface area contributed by atoms with Gasteiger partial charge in [0.05, 0.1) is 17.9 Å². The fraction of sp³-hybridized carbons (Fsp3) is 0.429. The van der Waals surface area contributed by atoms with Crippen molar-refractivity contribution in [2.45, 2.75) is 20.3 Å². The zero-order valence-electron chi connectivity index (χ0n) is 11.3. The number of anilines is 1. The number of carbonyl (C=O) groups excluding carboxylic acids is 2. The summed E-state index contributed by atoms with van der Waals surface area (Å²) in [7, 11) is 0. The normalized spacial score (nSPS) is 11.7. The smallest absolute Gasteiger partial charge is 0.340 e. The molecule has 104 valence electrons. The molecular weight excluding hydrogens is 244 g/mol. The number of nitrogens with one attached hydrogen (secondary N) is 1. The largest absolute Gasteiger partial charge is 0.462 e. The molecule has 1 aromatic carbocycles. The molecule has 0 heterocycles. The van der Waals surface area contributed by atoms with E-state index in [4.69, 9.17) is 10.5 Å². The zero-order chi connectivity index (χ0) is 14.3. The van der Waals surface area contributed by atoms with E-state index in [-0.39, 0.29) is 11.8 Å². The van der Waals surface area contributed by atoms with Crippen molar-refractivity contribution in [1.82, 2.24) is 0 Å². The van der Waals surface area contributed by atoms with E-state index in [1.807, 2.05) is 0 Å². The first-order chi connectivity index (χ1) is 9.10. The van der Waals surface area contributed by atoms with Crippen molar-refractivity contribution < 1.29 is 14.3 Å². The molecule has 0 aliphatic carbocycles. The van der Waals surface area contributed by atoms with Crippen LogP contribution in [0.25, 0.3) is 0 Å². The van der Waals surface area contributed by atoms with E-state index in [0.29, 0.717) is 30.8 Å². The van der Waals surface area contributed by atoms with Gasteiger partial charge in [-0.1, -0.05) is 19.1 Å². The van der Waals surface area contributed by atoms with Crippen molar-refractivity contribution in [1.29, 1.82) is 0 Å². The molecule has 5 nitrogen and oxygen atoms in total. The molecule has 0 aliphatic rings. The van der Waals surface area contributed by atoms with Gasteiger partial charge >= 0.3 is 5.97 Å². The maximum atomic E-state index is 11.9. The van der Waals surface area contributed by atoms with Gasteiger partial charge in [-0.15, -0.1) is 0 Å². The van der Waals surface area contributed by atoms with Gasteiger partial charge in [0.1, 0.15) is 0 Å². The summed E-state index contributed by atoms with van der Waals surface area (Å²) in [5.74, 6) is -0.785. The van der Waals surface area contributed by atoms with Crippen LogP contribution in [0.2, 0.25) is 0 Å². The molecule has 1 amide bonds. The van der Waals surface area contributed by atoms with Crippen LogP contribution in [0.4, 0.5) is 5.69 Å². The maximum Gasteiger partial charge on any atom is 0.340 e. The molecule has 1 atom stereocenters. The number of benzene rings is 1. The highest BCUT2D eigenvalue weighted by Gasteiger charge is 2.17. The summed E-state index contributed by atoms with van der Waals surface area (Å²) in [6.45, 7) is 4.29. The lowest BCUT2D eigenvalue weighted by atomic mass is 10.1. The van der Waals surface area contributed by atoms with E-state index in [1.54, 1.807) is 38.1 Å². The zero-order valence-corrected chi connectivity index (χ0v) is 11.3. The lowest BCUT2D eigenvalue weighted by Crippen LogP contribution is -2.24. The first-order valence-corrected chi connectivity index (χ1v) is 6.37. The summed E-state index contributed by atoms with van der Waals surface area (Å²) < 4.78 is 4.95. The first-order valence-electron chi connectivity index (χ1n) is 6.37. The van der Waals surface area contributed by atoms with E-state index in [0.717, 1.165) is 0 Å². The van der Waals surface area contributed by atoms with Crippen LogP contribution in [0.3, 0.4) is 0 Å². The molecule has 0 aliphatic heterocycles. The number of rotatable bonds is 6. The molecule has 1 aromatic rings. The van der Waals surface area contributed by atoms with Crippen LogP contribution in [0.5, 0.6) is 0 Å². The highest BCUT2D eigenvalue weighted by atomic mass is 16.5. The topological polar surface area (TPSA) is 81.4 Å². The third-order valence-corrected chi connectivity index (χ3v) is 2.73. The van der Waals surface area contributed by atoms with Gasteiger partial charge in [-0.3, -0.25) is 4.79 Å². The molecule has 19 heavy (non-hydrogen) atoms. The molecule has 5 heteroatoms. The van der Waals surface area contributed by atoms with Gasteiger partial charge in [0.2, 0.25) is 5.91 Å². The first kappa shape index (κ1) is 15.2. The van der Waals surface area contributed by atoms with Crippen molar-refractivity contribution in [3.8, 4) is 0 Å². The van der Waals surface area contributed by atoms with Crippen molar-refractivity contribution in [3.05, 3.63) is 29.8 Å². The average molecular weight is 264 g/mol. The van der Waals surface area contributed by atoms with Crippen molar-refractivity contribution in [2.24, 2.45) is 11.7 Å². The Morgan fingerprint density at radius 2 is 2.05 bits per heavy atom. The predicted molar refractivity (Wildman–Crippen MR) is 73.9 cm³/mol. The minimum atomic E-state index is -0.440. The van der Waals surface area contributed by atoms with Crippen LogP contribution in [0, 0.1) is 5.92 Å². The molecule has 0 aromatic heterocycles. The van der Waals surface area contributed by atoms with E-state index in [9.17, 15) is 9.59 Å². The lowest BCUT2D eigenvalue weighted by molar-refractivity contribution is -0.119. The van der Waals surface area contributed by atoms with Crippen LogP contribution in [0.1, 0.15) is 30.6 Å². The van der Waals surface area contributed by atoms with Gasteiger partial charge in [0.15, 0.2) is 0 Å². The molecule has 0 bridgehead atoms. The van der Waals surface area contributed by atoms with Crippen molar-refractivity contribution in [3.63, 3.8) is 0 Å². The molecule has 0 spiro atoms. The second kappa shape index (κ2) is 7.53. The van der Waals surface area contributed by atoms with Crippen molar-refractivity contribution >= 4 is 17.6 Å². The predicted octanol–water partition coefficient (Wildman–Crippen LogP) is 1.79. The van der Waals surface area contributed by atoms with E-state index in [1.165, 1.54) is 0 Å².